The van der Waals surface area contributed by atoms with Gasteiger partial charge in [0.1, 0.15) is 41.2 Å². The van der Waals surface area contributed by atoms with Crippen molar-refractivity contribution in [1.29, 1.82) is 0 Å². The highest BCUT2D eigenvalue weighted by Gasteiger charge is 2.57. The van der Waals surface area contributed by atoms with E-state index in [9.17, 15) is 94.5 Å². The zero-order valence-electron chi connectivity index (χ0n) is 50.7. The molecule has 31 heteroatoms. The molecule has 2 aromatic rings. The standard InChI is InChI=1S/C59H79N5O26/c1-22-40(68)26(60)17-33(85-22)86-28-19-59(83,18-25-35(28)44(72)38-37(42(25)70)41(69)24-13-12-14-27(84-9)34(24)43(38)71)23(2)62-64-32(67)16-11-10-15-31(66)63-61-20-29(36-45(73)47(75)52(58(6,7)8)89-50(36)54(79)80)87-49(53(77)78)30(21-65)88-56-48(76)46(74)39(57(3,4)5)51(90-56)55(81)82/h12-14,20-22,26,28-30,33,36,39-40,45-52,56,68,70,72-76,83H,10-11,15-19,60H2,1-9H3,(H,63,66)(H,64,67)(H,77,78)(H,79,80)(H,81,82)/b61-20+,62-23-/t22?,26?,28-,29?,30?,33?,36-,39-,40?,45-,46-,47?,48?,49?,50?,51?,52+,56+,59-/m0/s1. The lowest BCUT2D eigenvalue weighted by atomic mass is 9.71. The first kappa shape index (κ1) is 70.5. The molecule has 0 spiro atoms. The predicted molar refractivity (Wildman–Crippen MR) is 306 cm³/mol. The van der Waals surface area contributed by atoms with Gasteiger partial charge in [-0.2, -0.15) is 10.2 Å². The number of nitrogens with one attached hydrogen (secondary N) is 2. The fourth-order valence-electron chi connectivity index (χ4n) is 12.2. The van der Waals surface area contributed by atoms with Gasteiger partial charge in [-0.05, 0) is 43.6 Å². The van der Waals surface area contributed by atoms with E-state index in [1.165, 1.54) is 32.2 Å². The topological polar surface area (TPSA) is 499 Å². The van der Waals surface area contributed by atoms with E-state index in [0.717, 1.165) is 0 Å². The van der Waals surface area contributed by atoms with Crippen LogP contribution >= 0.6 is 0 Å². The monoisotopic (exact) mass is 1270 g/mol. The van der Waals surface area contributed by atoms with Gasteiger partial charge in [-0.25, -0.2) is 25.2 Å². The number of hydrogen-bond acceptors (Lipinski definition) is 26. The summed E-state index contributed by atoms with van der Waals surface area (Å²) in [5, 5.41) is 130. The number of benzene rings is 2. The van der Waals surface area contributed by atoms with Gasteiger partial charge in [0.05, 0.1) is 78.3 Å². The number of ketones is 2. The Bertz CT molecular complexity index is 3130. The first-order chi connectivity index (χ1) is 42.0. The second-order valence-electron chi connectivity index (χ2n) is 25.3. The molecule has 5 aliphatic rings. The van der Waals surface area contributed by atoms with Crippen LogP contribution in [0, 0.1) is 22.7 Å². The van der Waals surface area contributed by atoms with Gasteiger partial charge in [0, 0.05) is 60.8 Å². The van der Waals surface area contributed by atoms with Crippen molar-refractivity contribution in [3.63, 3.8) is 0 Å². The zero-order valence-corrected chi connectivity index (χ0v) is 50.7. The van der Waals surface area contributed by atoms with Gasteiger partial charge in [0.25, 0.3) is 0 Å². The molecule has 19 atom stereocenters. The number of carbonyl (C=O) groups excluding carboxylic acids is 5. The summed E-state index contributed by atoms with van der Waals surface area (Å²) in [5.74, 6) is -13.2. The highest BCUT2D eigenvalue weighted by molar-refractivity contribution is 6.31. The summed E-state index contributed by atoms with van der Waals surface area (Å²) in [4.78, 5) is 105. The molecular weight excluding hydrogens is 1190 g/mol. The van der Waals surface area contributed by atoms with Crippen molar-refractivity contribution in [3.05, 3.63) is 51.6 Å². The Balaban J connectivity index is 1.05. The van der Waals surface area contributed by atoms with Crippen molar-refractivity contribution >= 4 is 59.5 Å². The molecule has 2 aliphatic carbocycles. The molecule has 3 fully saturated rings. The zero-order chi connectivity index (χ0) is 67.0. The molecule has 31 nitrogen and oxygen atoms in total. The van der Waals surface area contributed by atoms with Crippen LogP contribution in [0.15, 0.2) is 28.4 Å². The number of hydrogen-bond donors (Lipinski definition) is 14. The number of nitrogens with two attached hydrogens (primary N) is 1. The van der Waals surface area contributed by atoms with Crippen molar-refractivity contribution in [3.8, 4) is 17.2 Å². The Morgan fingerprint density at radius 3 is 2.00 bits per heavy atom. The van der Waals surface area contributed by atoms with Gasteiger partial charge in [-0.1, -0.05) is 53.7 Å². The number of carboxylic acids is 3. The predicted octanol–water partition coefficient (Wildman–Crippen LogP) is -0.553. The lowest BCUT2D eigenvalue weighted by molar-refractivity contribution is -0.308. The largest absolute Gasteiger partial charge is 0.507 e. The van der Waals surface area contributed by atoms with Crippen LogP contribution in [0.25, 0.3) is 0 Å². The molecule has 0 bridgehead atoms. The number of aliphatic hydroxyl groups is 6. The Morgan fingerprint density at radius 2 is 1.43 bits per heavy atom. The van der Waals surface area contributed by atoms with E-state index in [1.807, 2.05) is 0 Å². The first-order valence-electron chi connectivity index (χ1n) is 29.0. The Morgan fingerprint density at radius 1 is 0.811 bits per heavy atom. The van der Waals surface area contributed by atoms with Crippen LogP contribution in [0.5, 0.6) is 17.2 Å². The third-order valence-electron chi connectivity index (χ3n) is 16.9. The number of aldehydes is 1. The minimum atomic E-state index is -2.54. The van der Waals surface area contributed by atoms with Crippen molar-refractivity contribution in [2.75, 3.05) is 7.11 Å². The molecule has 496 valence electrons. The van der Waals surface area contributed by atoms with Gasteiger partial charge < -0.3 is 99.9 Å². The highest BCUT2D eigenvalue weighted by Crippen LogP contribution is 2.53. The SMILES string of the molecule is COc1cccc2c1C(=O)c1c(O)c3c(c(O)c1C2=O)C[C@@](O)(/C(C)=N\NC(=O)CCCCC(=O)N/N=C/C(OC(C(=O)O)C(C=O)O[C@@H]1OC(C(=O)O)[C@@H](C(C)(C)C)[C@H](O)C1O)[C@@H]1C(C(=O)O)O[C@@H](C(C)(C)C)C(O)[C@H]1O)C[C@@H]3OC1CC(N)C(O)C(C)O1. The van der Waals surface area contributed by atoms with Crippen LogP contribution in [0.4, 0.5) is 0 Å². The minimum Gasteiger partial charge on any atom is -0.507 e. The minimum absolute atomic E-state index is 0.00956. The van der Waals surface area contributed by atoms with Crippen molar-refractivity contribution in [2.24, 2.45) is 38.6 Å². The van der Waals surface area contributed by atoms with Crippen LogP contribution < -0.4 is 21.3 Å². The number of phenolic OH excluding ortho intramolecular Hbond substituents is 2. The lowest BCUT2D eigenvalue weighted by Crippen LogP contribution is -2.64. The Labute approximate surface area is 515 Å². The first-order valence-corrected chi connectivity index (χ1v) is 29.0. The van der Waals surface area contributed by atoms with E-state index in [2.05, 4.69) is 21.1 Å². The van der Waals surface area contributed by atoms with E-state index >= 15 is 0 Å². The number of aromatic hydroxyl groups is 2. The van der Waals surface area contributed by atoms with Gasteiger partial charge >= 0.3 is 17.9 Å². The van der Waals surface area contributed by atoms with Crippen molar-refractivity contribution in [1.82, 2.24) is 10.9 Å². The van der Waals surface area contributed by atoms with Crippen LogP contribution in [-0.2, 0) is 63.6 Å². The second kappa shape index (κ2) is 27.9. The Hall–Kier alpha value is -6.98. The average molecular weight is 1270 g/mol. The number of aliphatic carboxylic acids is 3. The second-order valence-corrected chi connectivity index (χ2v) is 25.3. The fourth-order valence-corrected chi connectivity index (χ4v) is 12.2. The summed E-state index contributed by atoms with van der Waals surface area (Å²) in [6.07, 6.45) is -28.0. The average Bonchev–Trinajstić information content (AvgIpc) is 0.733. The smallest absolute Gasteiger partial charge is 0.336 e. The van der Waals surface area contributed by atoms with E-state index in [-0.39, 0.29) is 72.1 Å². The van der Waals surface area contributed by atoms with E-state index in [0.29, 0.717) is 6.21 Å². The molecule has 0 aromatic heterocycles. The Kier molecular flexibility index (Phi) is 21.8. The van der Waals surface area contributed by atoms with Gasteiger partial charge in [0.15, 0.2) is 49.1 Å². The third kappa shape index (κ3) is 14.5. The molecule has 3 heterocycles. The maximum absolute atomic E-state index is 14.1. The number of fused-ring (bicyclic) bond motifs is 3. The molecular formula is C59H79N5O26. The number of unbranched alkanes of at least 4 members (excludes halogenated alkanes) is 1. The number of hydrazone groups is 2. The number of ether oxygens (including phenoxy) is 7. The van der Waals surface area contributed by atoms with E-state index in [4.69, 9.17) is 38.9 Å². The maximum atomic E-state index is 14.1. The van der Waals surface area contributed by atoms with Gasteiger partial charge in [-0.3, -0.25) is 19.2 Å². The third-order valence-corrected chi connectivity index (χ3v) is 16.9. The maximum Gasteiger partial charge on any atom is 0.336 e. The summed E-state index contributed by atoms with van der Waals surface area (Å²) in [6, 6.07) is 3.42. The summed E-state index contributed by atoms with van der Waals surface area (Å²) in [5.41, 5.74) is 4.67. The van der Waals surface area contributed by atoms with Crippen molar-refractivity contribution < 1.29 is 128 Å². The summed E-state index contributed by atoms with van der Waals surface area (Å²) < 4.78 is 40.0. The molecule has 90 heavy (non-hydrogen) atoms. The normalized spacial score (nSPS) is 31.5. The molecule has 11 unspecified atom stereocenters. The van der Waals surface area contributed by atoms with Crippen LogP contribution in [0.2, 0.25) is 0 Å². The number of methoxy groups -OCH3 is 1. The number of nitrogens with zero attached hydrogens (tertiary/aromatic N) is 2. The molecule has 2 aromatic carbocycles. The molecule has 2 amide bonds. The van der Waals surface area contributed by atoms with Gasteiger partial charge in [0.2, 0.25) is 17.6 Å². The highest BCUT2D eigenvalue weighted by atomic mass is 16.7. The van der Waals surface area contributed by atoms with Crippen LogP contribution in [-0.4, -0.2) is 220 Å². The molecule has 7 rings (SSSR count). The molecule has 3 aliphatic heterocycles. The number of amides is 2. The quantitative estimate of drug-likeness (QED) is 0.0197. The van der Waals surface area contributed by atoms with Gasteiger partial charge in [-0.15, -0.1) is 0 Å². The molecule has 0 radical (unpaired) electrons. The number of aliphatic hydroxyl groups excluding tert-OH is 5. The summed E-state index contributed by atoms with van der Waals surface area (Å²) in [6.45, 7) is 12.3. The fraction of sp³-hybridized carbons (Fsp3) is 0.627. The number of phenols is 2. The summed E-state index contributed by atoms with van der Waals surface area (Å²) >= 11 is 0. The number of carbonyl (C=O) groups is 8. The molecule has 0 saturated carbocycles. The van der Waals surface area contributed by atoms with Crippen LogP contribution in [0.3, 0.4) is 0 Å². The van der Waals surface area contributed by atoms with Crippen molar-refractivity contribution in [2.45, 2.75) is 204 Å². The van der Waals surface area contributed by atoms with Crippen LogP contribution in [0.1, 0.15) is 143 Å². The van der Waals surface area contributed by atoms with E-state index < -0.39 is 203 Å². The molecule has 15 N–H and O–H groups in total. The van der Waals surface area contributed by atoms with E-state index in [1.54, 1.807) is 48.5 Å². The summed E-state index contributed by atoms with van der Waals surface area (Å²) in [7, 11) is 1.29. The molecule has 3 saturated heterocycles. The number of carboxylic acid groups (broad SMARTS) is 3. The number of rotatable bonds is 22. The lowest BCUT2D eigenvalue weighted by Gasteiger charge is -2.48.